The SMILES string of the molecule is CN(C)c1cc(F)c(F)cc1CC(=O)O. The summed E-state index contributed by atoms with van der Waals surface area (Å²) in [7, 11) is 3.27. The minimum Gasteiger partial charge on any atom is -0.481 e. The highest BCUT2D eigenvalue weighted by Crippen LogP contribution is 2.22. The summed E-state index contributed by atoms with van der Waals surface area (Å²) < 4.78 is 25.8. The zero-order valence-electron chi connectivity index (χ0n) is 8.42. The number of hydrogen-bond donors (Lipinski definition) is 1. The van der Waals surface area contributed by atoms with E-state index in [2.05, 4.69) is 0 Å². The molecule has 15 heavy (non-hydrogen) atoms. The van der Waals surface area contributed by atoms with E-state index in [1.807, 2.05) is 0 Å². The van der Waals surface area contributed by atoms with E-state index in [0.29, 0.717) is 5.69 Å². The molecule has 0 unspecified atom stereocenters. The number of rotatable bonds is 3. The van der Waals surface area contributed by atoms with Crippen LogP contribution in [0.5, 0.6) is 0 Å². The van der Waals surface area contributed by atoms with Crippen molar-refractivity contribution in [1.29, 1.82) is 0 Å². The van der Waals surface area contributed by atoms with E-state index in [1.165, 1.54) is 0 Å². The molecule has 82 valence electrons. The highest BCUT2D eigenvalue weighted by molar-refractivity contribution is 5.73. The molecule has 1 rings (SSSR count). The molecule has 0 bridgehead atoms. The van der Waals surface area contributed by atoms with Gasteiger partial charge in [-0.15, -0.1) is 0 Å². The molecule has 1 aromatic rings. The smallest absolute Gasteiger partial charge is 0.307 e. The Morgan fingerprint density at radius 1 is 1.33 bits per heavy atom. The molecule has 0 aliphatic heterocycles. The molecular weight excluding hydrogens is 204 g/mol. The minimum absolute atomic E-state index is 0.256. The lowest BCUT2D eigenvalue weighted by molar-refractivity contribution is -0.136. The molecule has 0 radical (unpaired) electrons. The van der Waals surface area contributed by atoms with E-state index >= 15 is 0 Å². The van der Waals surface area contributed by atoms with Gasteiger partial charge in [0.2, 0.25) is 0 Å². The van der Waals surface area contributed by atoms with Crippen LogP contribution in [0.4, 0.5) is 14.5 Å². The van der Waals surface area contributed by atoms with Crippen molar-refractivity contribution in [2.24, 2.45) is 0 Å². The van der Waals surface area contributed by atoms with E-state index in [9.17, 15) is 13.6 Å². The number of anilines is 1. The van der Waals surface area contributed by atoms with E-state index in [4.69, 9.17) is 5.11 Å². The van der Waals surface area contributed by atoms with Gasteiger partial charge in [-0.3, -0.25) is 4.79 Å². The summed E-state index contributed by atoms with van der Waals surface area (Å²) in [6.07, 6.45) is -0.329. The lowest BCUT2D eigenvalue weighted by Gasteiger charge is -2.16. The van der Waals surface area contributed by atoms with Gasteiger partial charge in [0.15, 0.2) is 11.6 Å². The summed E-state index contributed by atoms with van der Waals surface area (Å²) in [5, 5.41) is 8.60. The Kier molecular flexibility index (Phi) is 3.24. The van der Waals surface area contributed by atoms with Crippen molar-refractivity contribution in [3.63, 3.8) is 0 Å². The molecule has 0 aliphatic carbocycles. The highest BCUT2D eigenvalue weighted by atomic mass is 19.2. The highest BCUT2D eigenvalue weighted by Gasteiger charge is 2.13. The lowest BCUT2D eigenvalue weighted by atomic mass is 10.1. The van der Waals surface area contributed by atoms with Gasteiger partial charge in [0.1, 0.15) is 0 Å². The van der Waals surface area contributed by atoms with Crippen LogP contribution in [-0.4, -0.2) is 25.2 Å². The average molecular weight is 215 g/mol. The monoisotopic (exact) mass is 215 g/mol. The maximum absolute atomic E-state index is 12.9. The molecule has 0 aliphatic rings. The molecule has 0 fully saturated rings. The molecular formula is C10H11F2NO2. The molecule has 0 spiro atoms. The first kappa shape index (κ1) is 11.4. The van der Waals surface area contributed by atoms with Gasteiger partial charge in [0, 0.05) is 25.8 Å². The molecule has 5 heteroatoms. The van der Waals surface area contributed by atoms with E-state index in [0.717, 1.165) is 12.1 Å². The van der Waals surface area contributed by atoms with Crippen LogP contribution in [0.2, 0.25) is 0 Å². The van der Waals surface area contributed by atoms with Crippen molar-refractivity contribution in [3.05, 3.63) is 29.3 Å². The number of carboxylic acid groups (broad SMARTS) is 1. The number of carboxylic acids is 1. The van der Waals surface area contributed by atoms with Gasteiger partial charge in [-0.1, -0.05) is 0 Å². The first-order valence-corrected chi connectivity index (χ1v) is 4.29. The lowest BCUT2D eigenvalue weighted by Crippen LogP contribution is -2.14. The predicted octanol–water partition coefficient (Wildman–Crippen LogP) is 1.66. The largest absolute Gasteiger partial charge is 0.481 e. The van der Waals surface area contributed by atoms with Gasteiger partial charge in [-0.25, -0.2) is 8.78 Å². The number of benzene rings is 1. The molecule has 0 heterocycles. The zero-order chi connectivity index (χ0) is 11.6. The molecule has 0 amide bonds. The fraction of sp³-hybridized carbons (Fsp3) is 0.300. The van der Waals surface area contributed by atoms with E-state index in [-0.39, 0.29) is 12.0 Å². The Balaban J connectivity index is 3.21. The van der Waals surface area contributed by atoms with Gasteiger partial charge < -0.3 is 10.0 Å². The Hall–Kier alpha value is -1.65. The summed E-state index contributed by atoms with van der Waals surface area (Å²) >= 11 is 0. The minimum atomic E-state index is -1.08. The van der Waals surface area contributed by atoms with Crippen LogP contribution in [0.1, 0.15) is 5.56 Å². The Bertz CT molecular complexity index is 391. The quantitative estimate of drug-likeness (QED) is 0.833. The second kappa shape index (κ2) is 4.25. The van der Waals surface area contributed by atoms with Crippen molar-refractivity contribution in [2.75, 3.05) is 19.0 Å². The third kappa shape index (κ3) is 2.65. The van der Waals surface area contributed by atoms with Gasteiger partial charge in [-0.05, 0) is 11.6 Å². The van der Waals surface area contributed by atoms with Crippen LogP contribution < -0.4 is 4.90 Å². The molecule has 0 saturated carbocycles. The Morgan fingerprint density at radius 3 is 2.33 bits per heavy atom. The van der Waals surface area contributed by atoms with E-state index in [1.54, 1.807) is 19.0 Å². The summed E-state index contributed by atoms with van der Waals surface area (Å²) in [5.74, 6) is -3.09. The Labute approximate surface area is 85.9 Å². The molecule has 0 saturated heterocycles. The van der Waals surface area contributed by atoms with Gasteiger partial charge in [0.05, 0.1) is 6.42 Å². The van der Waals surface area contributed by atoms with Crippen LogP contribution in [0.3, 0.4) is 0 Å². The number of halogens is 2. The molecule has 0 atom stereocenters. The zero-order valence-corrected chi connectivity index (χ0v) is 8.42. The van der Waals surface area contributed by atoms with Crippen LogP contribution in [-0.2, 0) is 11.2 Å². The first-order chi connectivity index (χ1) is 6.91. The van der Waals surface area contributed by atoms with Crippen molar-refractivity contribution in [1.82, 2.24) is 0 Å². The second-order valence-electron chi connectivity index (χ2n) is 3.36. The summed E-state index contributed by atoms with van der Waals surface area (Å²) in [6, 6.07) is 1.91. The Morgan fingerprint density at radius 2 is 1.87 bits per heavy atom. The molecule has 3 nitrogen and oxygen atoms in total. The first-order valence-electron chi connectivity index (χ1n) is 4.29. The normalized spacial score (nSPS) is 10.1. The predicted molar refractivity (Wildman–Crippen MR) is 52.0 cm³/mol. The van der Waals surface area contributed by atoms with Crippen LogP contribution in [0, 0.1) is 11.6 Å². The maximum atomic E-state index is 12.9. The standard InChI is InChI=1S/C10H11F2NO2/c1-13(2)9-5-8(12)7(11)3-6(9)4-10(14)15/h3,5H,4H2,1-2H3,(H,14,15). The van der Waals surface area contributed by atoms with Gasteiger partial charge in [0.25, 0.3) is 0 Å². The summed E-state index contributed by atoms with van der Waals surface area (Å²) in [6.45, 7) is 0. The third-order valence-electron chi connectivity index (χ3n) is 1.95. The van der Waals surface area contributed by atoms with Gasteiger partial charge >= 0.3 is 5.97 Å². The topological polar surface area (TPSA) is 40.5 Å². The molecule has 1 N–H and O–H groups in total. The van der Waals surface area contributed by atoms with Crippen molar-refractivity contribution < 1.29 is 18.7 Å². The maximum Gasteiger partial charge on any atom is 0.307 e. The van der Waals surface area contributed by atoms with Crippen LogP contribution in [0.15, 0.2) is 12.1 Å². The van der Waals surface area contributed by atoms with Crippen LogP contribution in [0.25, 0.3) is 0 Å². The molecule has 1 aromatic carbocycles. The number of hydrogen-bond acceptors (Lipinski definition) is 2. The number of carbonyl (C=O) groups is 1. The molecule has 0 aromatic heterocycles. The van der Waals surface area contributed by atoms with Crippen LogP contribution >= 0.6 is 0 Å². The van der Waals surface area contributed by atoms with Crippen molar-refractivity contribution >= 4 is 11.7 Å². The van der Waals surface area contributed by atoms with Crippen molar-refractivity contribution in [3.8, 4) is 0 Å². The average Bonchev–Trinajstić information content (AvgIpc) is 2.09. The number of nitrogens with zero attached hydrogens (tertiary/aromatic N) is 1. The fourth-order valence-electron chi connectivity index (χ4n) is 1.30. The second-order valence-corrected chi connectivity index (χ2v) is 3.36. The summed E-state index contributed by atoms with van der Waals surface area (Å²) in [4.78, 5) is 12.0. The summed E-state index contributed by atoms with van der Waals surface area (Å²) in [5.41, 5.74) is 0.628. The van der Waals surface area contributed by atoms with Crippen molar-refractivity contribution in [2.45, 2.75) is 6.42 Å². The number of aliphatic carboxylic acids is 1. The van der Waals surface area contributed by atoms with E-state index < -0.39 is 17.6 Å². The third-order valence-corrected chi connectivity index (χ3v) is 1.95. The fourth-order valence-corrected chi connectivity index (χ4v) is 1.30. The van der Waals surface area contributed by atoms with Gasteiger partial charge in [-0.2, -0.15) is 0 Å².